The number of carbonyl (C=O) groups excluding carboxylic acids is 1. The van der Waals surface area contributed by atoms with Crippen molar-refractivity contribution in [1.29, 1.82) is 0 Å². The third-order valence-corrected chi connectivity index (χ3v) is 4.49. The van der Waals surface area contributed by atoms with E-state index in [-0.39, 0.29) is 23.3 Å². The number of carboxylic acids is 1. The minimum Gasteiger partial charge on any atom is -0.489 e. The van der Waals surface area contributed by atoms with Crippen LogP contribution >= 0.6 is 0 Å². The Balaban J connectivity index is 1.81. The summed E-state index contributed by atoms with van der Waals surface area (Å²) in [6.45, 7) is 6.93. The van der Waals surface area contributed by atoms with E-state index in [1.165, 1.54) is 6.07 Å². The van der Waals surface area contributed by atoms with E-state index in [2.05, 4.69) is 4.90 Å². The van der Waals surface area contributed by atoms with Gasteiger partial charge in [-0.3, -0.25) is 0 Å². The van der Waals surface area contributed by atoms with Crippen molar-refractivity contribution in [3.05, 3.63) is 23.3 Å². The highest BCUT2D eigenvalue weighted by Crippen LogP contribution is 2.40. The average molecular weight is 364 g/mol. The van der Waals surface area contributed by atoms with Crippen molar-refractivity contribution >= 4 is 17.7 Å². The number of nitrogens with zero attached hydrogens (tertiary/aromatic N) is 2. The van der Waals surface area contributed by atoms with E-state index < -0.39 is 18.2 Å². The lowest BCUT2D eigenvalue weighted by Crippen LogP contribution is -2.59. The molecule has 1 atom stereocenters. The summed E-state index contributed by atoms with van der Waals surface area (Å²) in [5.74, 6) is -0.688. The fourth-order valence-corrected chi connectivity index (χ4v) is 3.35. The molecule has 0 unspecified atom stereocenters. The zero-order valence-electron chi connectivity index (χ0n) is 15.2. The van der Waals surface area contributed by atoms with Crippen LogP contribution < -0.4 is 9.64 Å². The van der Waals surface area contributed by atoms with Gasteiger partial charge in [-0.1, -0.05) is 0 Å². The van der Waals surface area contributed by atoms with Crippen molar-refractivity contribution in [3.63, 3.8) is 0 Å². The number of benzene rings is 1. The number of carbonyl (C=O) groups is 2. The van der Waals surface area contributed by atoms with E-state index in [9.17, 15) is 19.8 Å². The molecule has 1 fully saturated rings. The molecule has 142 valence electrons. The normalized spacial score (nSPS) is 19.3. The molecule has 8 heteroatoms. The second-order valence-corrected chi connectivity index (χ2v) is 7.49. The lowest BCUT2D eigenvalue weighted by Gasteiger charge is -2.46. The first-order valence-electron chi connectivity index (χ1n) is 8.58. The molecule has 26 heavy (non-hydrogen) atoms. The largest absolute Gasteiger partial charge is 0.489 e. The fraction of sp³-hybridized carbons (Fsp3) is 0.556. The third kappa shape index (κ3) is 3.41. The number of anilines is 1. The van der Waals surface area contributed by atoms with E-state index in [1.54, 1.807) is 11.0 Å². The molecule has 0 aliphatic carbocycles. The third-order valence-electron chi connectivity index (χ3n) is 4.49. The van der Waals surface area contributed by atoms with Crippen molar-refractivity contribution in [3.8, 4) is 5.75 Å². The molecule has 1 amide bonds. The van der Waals surface area contributed by atoms with Crippen LogP contribution in [0.5, 0.6) is 5.75 Å². The smallest absolute Gasteiger partial charge is 0.410 e. The maximum atomic E-state index is 12.3. The van der Waals surface area contributed by atoms with Gasteiger partial charge in [0.15, 0.2) is 0 Å². The Hall–Kier alpha value is -2.48. The van der Waals surface area contributed by atoms with Crippen LogP contribution in [0.15, 0.2) is 12.1 Å². The van der Waals surface area contributed by atoms with Gasteiger partial charge in [0.1, 0.15) is 18.0 Å². The van der Waals surface area contributed by atoms with Crippen LogP contribution in [-0.4, -0.2) is 65.1 Å². The van der Waals surface area contributed by atoms with Crippen LogP contribution in [0.2, 0.25) is 0 Å². The van der Waals surface area contributed by atoms with Crippen LogP contribution in [-0.2, 0) is 11.3 Å². The topological polar surface area (TPSA) is 99.5 Å². The second-order valence-electron chi connectivity index (χ2n) is 7.49. The SMILES string of the molecule is CC(C)(C)OC(=O)N1CCN2c3ccc(C(=O)O)c(CO)c3OC[C@H]2C1. The second kappa shape index (κ2) is 6.68. The summed E-state index contributed by atoms with van der Waals surface area (Å²) in [5.41, 5.74) is 0.520. The van der Waals surface area contributed by atoms with Crippen LogP contribution in [0, 0.1) is 0 Å². The highest BCUT2D eigenvalue weighted by atomic mass is 16.6. The maximum Gasteiger partial charge on any atom is 0.410 e. The van der Waals surface area contributed by atoms with Crippen molar-refractivity contribution in [2.75, 3.05) is 31.1 Å². The first-order valence-corrected chi connectivity index (χ1v) is 8.58. The van der Waals surface area contributed by atoms with Gasteiger partial charge in [-0.2, -0.15) is 0 Å². The Morgan fingerprint density at radius 3 is 2.65 bits per heavy atom. The van der Waals surface area contributed by atoms with Crippen LogP contribution in [0.25, 0.3) is 0 Å². The number of ether oxygens (including phenoxy) is 2. The van der Waals surface area contributed by atoms with Gasteiger partial charge in [-0.15, -0.1) is 0 Å². The average Bonchev–Trinajstić information content (AvgIpc) is 2.58. The highest BCUT2D eigenvalue weighted by Gasteiger charge is 2.37. The van der Waals surface area contributed by atoms with Gasteiger partial charge in [0, 0.05) is 25.2 Å². The molecule has 0 aromatic heterocycles. The Morgan fingerprint density at radius 2 is 2.04 bits per heavy atom. The lowest BCUT2D eigenvalue weighted by molar-refractivity contribution is 0.0194. The Kier molecular flexibility index (Phi) is 4.70. The van der Waals surface area contributed by atoms with Crippen LogP contribution in [0.4, 0.5) is 10.5 Å². The molecule has 0 spiro atoms. The molecule has 8 nitrogen and oxygen atoms in total. The minimum atomic E-state index is -1.10. The van der Waals surface area contributed by atoms with Gasteiger partial charge in [0.2, 0.25) is 0 Å². The molecule has 0 bridgehead atoms. The number of fused-ring (bicyclic) bond motifs is 3. The van der Waals surface area contributed by atoms with E-state index in [1.807, 2.05) is 20.8 Å². The number of carboxylic acid groups (broad SMARTS) is 1. The van der Waals surface area contributed by atoms with Crippen LogP contribution in [0.1, 0.15) is 36.7 Å². The summed E-state index contributed by atoms with van der Waals surface area (Å²) >= 11 is 0. The molecule has 1 aromatic carbocycles. The number of hydrogen-bond acceptors (Lipinski definition) is 6. The number of rotatable bonds is 2. The summed E-state index contributed by atoms with van der Waals surface area (Å²) in [4.78, 5) is 27.4. The Labute approximate surface area is 151 Å². The minimum absolute atomic E-state index is 0.0390. The van der Waals surface area contributed by atoms with E-state index in [0.717, 1.165) is 5.69 Å². The Morgan fingerprint density at radius 1 is 1.31 bits per heavy atom. The molecule has 2 heterocycles. The van der Waals surface area contributed by atoms with Gasteiger partial charge in [-0.25, -0.2) is 9.59 Å². The first-order chi connectivity index (χ1) is 12.2. The van der Waals surface area contributed by atoms with E-state index in [0.29, 0.717) is 32.0 Å². The monoisotopic (exact) mass is 364 g/mol. The Bertz CT molecular complexity index is 727. The van der Waals surface area contributed by atoms with Crippen molar-refractivity contribution < 1.29 is 29.3 Å². The molecule has 2 N–H and O–H groups in total. The van der Waals surface area contributed by atoms with E-state index in [4.69, 9.17) is 9.47 Å². The molecule has 2 aliphatic rings. The number of aromatic carboxylic acids is 1. The first kappa shape index (κ1) is 18.3. The molecular formula is C18H24N2O6. The zero-order valence-corrected chi connectivity index (χ0v) is 15.2. The summed E-state index contributed by atoms with van der Waals surface area (Å²) in [6, 6.07) is 3.14. The van der Waals surface area contributed by atoms with Crippen LogP contribution in [0.3, 0.4) is 0 Å². The zero-order chi connectivity index (χ0) is 19.1. The van der Waals surface area contributed by atoms with Gasteiger partial charge in [-0.05, 0) is 32.9 Å². The van der Waals surface area contributed by atoms with Gasteiger partial charge < -0.3 is 29.5 Å². The number of aliphatic hydroxyl groups is 1. The molecule has 0 saturated carbocycles. The van der Waals surface area contributed by atoms with Gasteiger partial charge >= 0.3 is 12.1 Å². The number of hydrogen-bond donors (Lipinski definition) is 2. The summed E-state index contributed by atoms with van der Waals surface area (Å²) in [5, 5.41) is 18.9. The van der Waals surface area contributed by atoms with Crippen molar-refractivity contribution in [2.45, 2.75) is 39.0 Å². The number of piperazine rings is 1. The molecule has 1 aromatic rings. The van der Waals surface area contributed by atoms with E-state index >= 15 is 0 Å². The fourth-order valence-electron chi connectivity index (χ4n) is 3.35. The predicted octanol–water partition coefficient (Wildman–Crippen LogP) is 1.70. The summed E-state index contributed by atoms with van der Waals surface area (Å²) in [6.07, 6.45) is -0.347. The predicted molar refractivity (Wildman–Crippen MR) is 93.8 cm³/mol. The molecule has 0 radical (unpaired) electrons. The molecule has 1 saturated heterocycles. The molecular weight excluding hydrogens is 340 g/mol. The number of aliphatic hydroxyl groups excluding tert-OH is 1. The molecule has 3 rings (SSSR count). The lowest BCUT2D eigenvalue weighted by atomic mass is 10.0. The summed E-state index contributed by atoms with van der Waals surface area (Å²) in [7, 11) is 0. The van der Waals surface area contributed by atoms with Gasteiger partial charge in [0.05, 0.1) is 23.9 Å². The highest BCUT2D eigenvalue weighted by molar-refractivity contribution is 5.92. The van der Waals surface area contributed by atoms with Crippen molar-refractivity contribution in [2.24, 2.45) is 0 Å². The van der Waals surface area contributed by atoms with Crippen molar-refractivity contribution in [1.82, 2.24) is 4.90 Å². The standard InChI is InChI=1S/C18H24N2O6/c1-18(2,3)26-17(24)19-6-7-20-11(8-19)10-25-15-13(9-21)12(16(22)23)4-5-14(15)20/h4-5,11,21H,6-10H2,1-3H3,(H,22,23)/t11-/m1/s1. The molecule has 2 aliphatic heterocycles. The summed E-state index contributed by atoms with van der Waals surface area (Å²) < 4.78 is 11.2. The number of amides is 1. The maximum absolute atomic E-state index is 12.3. The quantitative estimate of drug-likeness (QED) is 0.824. The van der Waals surface area contributed by atoms with Gasteiger partial charge in [0.25, 0.3) is 0 Å².